The van der Waals surface area contributed by atoms with E-state index < -0.39 is 15.8 Å². The fourth-order valence-electron chi connectivity index (χ4n) is 4.04. The van der Waals surface area contributed by atoms with E-state index in [4.69, 9.17) is 0 Å². The van der Waals surface area contributed by atoms with E-state index in [1.54, 1.807) is 9.21 Å². The van der Waals surface area contributed by atoms with Gasteiger partial charge in [-0.05, 0) is 37.8 Å². The Morgan fingerprint density at radius 3 is 2.52 bits per heavy atom. The van der Waals surface area contributed by atoms with Gasteiger partial charge in [-0.25, -0.2) is 12.8 Å². The number of halogens is 1. The van der Waals surface area contributed by atoms with Gasteiger partial charge in [0, 0.05) is 30.9 Å². The van der Waals surface area contributed by atoms with Crippen LogP contribution < -0.4 is 0 Å². The highest BCUT2D eigenvalue weighted by atomic mass is 32.2. The van der Waals surface area contributed by atoms with Crippen molar-refractivity contribution in [3.63, 3.8) is 0 Å². The normalized spacial score (nSPS) is 21.4. The van der Waals surface area contributed by atoms with Crippen molar-refractivity contribution in [2.45, 2.75) is 44.1 Å². The first-order chi connectivity index (χ1) is 11.8. The van der Waals surface area contributed by atoms with E-state index in [1.165, 1.54) is 18.4 Å². The topological polar surface area (TPSA) is 70.6 Å². The molecule has 3 heterocycles. The fraction of sp³-hybridized carbons (Fsp3) is 0.647. The highest BCUT2D eigenvalue weighted by molar-refractivity contribution is 7.88. The minimum Gasteiger partial charge on any atom is -0.342 e. The van der Waals surface area contributed by atoms with Crippen LogP contribution in [-0.2, 0) is 21.2 Å². The third kappa shape index (κ3) is 4.00. The molecule has 2 aliphatic heterocycles. The maximum absolute atomic E-state index is 12.9. The van der Waals surface area contributed by atoms with Crippen molar-refractivity contribution >= 4 is 15.9 Å². The molecule has 0 N–H and O–H groups in total. The Bertz CT molecular complexity index is 728. The quantitative estimate of drug-likeness (QED) is 0.811. The Morgan fingerprint density at radius 2 is 1.92 bits per heavy atom. The van der Waals surface area contributed by atoms with Gasteiger partial charge in [0.15, 0.2) is 0 Å². The molecule has 6 nitrogen and oxygen atoms in total. The average Bonchev–Trinajstić information content (AvgIpc) is 2.57. The molecule has 1 amide bonds. The lowest BCUT2D eigenvalue weighted by Gasteiger charge is -2.50. The lowest BCUT2D eigenvalue weighted by molar-refractivity contribution is -0.133. The standard InChI is InChI=1S/C17H24FN3O3S/c1-25(23,24)21-9-3-2-6-17(21)7-10-20(11-8-17)16(22)12-15-5-4-14(18)13-19-15/h4-5,13H,2-3,6-12H2,1H3. The zero-order valence-corrected chi connectivity index (χ0v) is 15.3. The predicted molar refractivity (Wildman–Crippen MR) is 91.8 cm³/mol. The van der Waals surface area contributed by atoms with Crippen LogP contribution in [0.1, 0.15) is 37.8 Å². The summed E-state index contributed by atoms with van der Waals surface area (Å²) in [6.07, 6.45) is 6.65. The first-order valence-electron chi connectivity index (χ1n) is 8.66. The summed E-state index contributed by atoms with van der Waals surface area (Å²) in [5, 5.41) is 0. The van der Waals surface area contributed by atoms with E-state index in [2.05, 4.69) is 4.98 Å². The molecule has 2 saturated heterocycles. The number of pyridine rings is 1. The van der Waals surface area contributed by atoms with Crippen molar-refractivity contribution < 1.29 is 17.6 Å². The lowest BCUT2D eigenvalue weighted by atomic mass is 9.80. The molecule has 0 bridgehead atoms. The summed E-state index contributed by atoms with van der Waals surface area (Å²) < 4.78 is 38.9. The van der Waals surface area contributed by atoms with Gasteiger partial charge in [0.05, 0.1) is 18.9 Å². The summed E-state index contributed by atoms with van der Waals surface area (Å²) in [6, 6.07) is 2.82. The minimum atomic E-state index is -3.24. The molecule has 0 aromatic carbocycles. The summed E-state index contributed by atoms with van der Waals surface area (Å²) in [5.74, 6) is -0.468. The highest BCUT2D eigenvalue weighted by Crippen LogP contribution is 2.38. The SMILES string of the molecule is CS(=O)(=O)N1CCCCC12CCN(C(=O)Cc1ccc(F)cn1)CC2. The molecule has 2 aliphatic rings. The van der Waals surface area contributed by atoms with Crippen molar-refractivity contribution in [1.82, 2.24) is 14.2 Å². The lowest BCUT2D eigenvalue weighted by Crippen LogP contribution is -2.59. The van der Waals surface area contributed by atoms with Crippen molar-refractivity contribution in [2.24, 2.45) is 0 Å². The first-order valence-corrected chi connectivity index (χ1v) is 10.5. The number of carbonyl (C=O) groups excluding carboxylic acids is 1. The molecular formula is C17H24FN3O3S. The molecular weight excluding hydrogens is 345 g/mol. The van der Waals surface area contributed by atoms with Crippen molar-refractivity contribution in [3.8, 4) is 0 Å². The monoisotopic (exact) mass is 369 g/mol. The highest BCUT2D eigenvalue weighted by Gasteiger charge is 2.45. The molecule has 3 rings (SSSR count). The second kappa shape index (κ2) is 6.99. The van der Waals surface area contributed by atoms with E-state index in [0.717, 1.165) is 25.5 Å². The van der Waals surface area contributed by atoms with Crippen LogP contribution in [0, 0.1) is 5.82 Å². The Labute approximate surface area is 148 Å². The van der Waals surface area contributed by atoms with Gasteiger partial charge >= 0.3 is 0 Å². The number of likely N-dealkylation sites (tertiary alicyclic amines) is 1. The number of piperidine rings is 2. The molecule has 0 unspecified atom stereocenters. The smallest absolute Gasteiger partial charge is 0.228 e. The number of hydrogen-bond donors (Lipinski definition) is 0. The Morgan fingerprint density at radius 1 is 1.20 bits per heavy atom. The van der Waals surface area contributed by atoms with E-state index in [0.29, 0.717) is 38.2 Å². The predicted octanol–water partition coefficient (Wildman–Crippen LogP) is 1.57. The number of carbonyl (C=O) groups is 1. The molecule has 0 radical (unpaired) electrons. The van der Waals surface area contributed by atoms with Gasteiger partial charge in [0.1, 0.15) is 5.82 Å². The Balaban J connectivity index is 1.64. The summed E-state index contributed by atoms with van der Waals surface area (Å²) in [7, 11) is -3.24. The number of nitrogens with zero attached hydrogens (tertiary/aromatic N) is 3. The van der Waals surface area contributed by atoms with Crippen LogP contribution in [0.25, 0.3) is 0 Å². The number of rotatable bonds is 3. The first kappa shape index (κ1) is 18.3. The molecule has 2 fully saturated rings. The summed E-state index contributed by atoms with van der Waals surface area (Å²) in [6.45, 7) is 1.67. The van der Waals surface area contributed by atoms with E-state index in [1.807, 2.05) is 0 Å². The van der Waals surface area contributed by atoms with Gasteiger partial charge in [0.25, 0.3) is 0 Å². The van der Waals surface area contributed by atoms with Gasteiger partial charge in [-0.2, -0.15) is 4.31 Å². The molecule has 1 aromatic rings. The van der Waals surface area contributed by atoms with Gasteiger partial charge in [-0.1, -0.05) is 6.42 Å². The molecule has 0 aliphatic carbocycles. The largest absolute Gasteiger partial charge is 0.342 e. The number of amides is 1. The minimum absolute atomic E-state index is 0.0457. The third-order valence-electron chi connectivity index (χ3n) is 5.35. The molecule has 8 heteroatoms. The maximum Gasteiger partial charge on any atom is 0.228 e. The van der Waals surface area contributed by atoms with Gasteiger partial charge in [-0.15, -0.1) is 0 Å². The Hall–Kier alpha value is -1.54. The summed E-state index contributed by atoms with van der Waals surface area (Å²) in [5.41, 5.74) is 0.207. The van der Waals surface area contributed by atoms with Gasteiger partial charge < -0.3 is 4.90 Å². The maximum atomic E-state index is 12.9. The van der Waals surface area contributed by atoms with Crippen molar-refractivity contribution in [3.05, 3.63) is 29.8 Å². The van der Waals surface area contributed by atoms with Gasteiger partial charge in [-0.3, -0.25) is 9.78 Å². The second-order valence-corrected chi connectivity index (χ2v) is 8.95. The third-order valence-corrected chi connectivity index (χ3v) is 6.72. The van der Waals surface area contributed by atoms with Crippen LogP contribution in [0.15, 0.2) is 18.3 Å². The van der Waals surface area contributed by atoms with Crippen molar-refractivity contribution in [1.29, 1.82) is 0 Å². The van der Waals surface area contributed by atoms with Crippen LogP contribution in [0.2, 0.25) is 0 Å². The molecule has 0 saturated carbocycles. The molecule has 25 heavy (non-hydrogen) atoms. The summed E-state index contributed by atoms with van der Waals surface area (Å²) >= 11 is 0. The fourth-order valence-corrected chi connectivity index (χ4v) is 5.48. The zero-order valence-electron chi connectivity index (χ0n) is 14.4. The van der Waals surface area contributed by atoms with Gasteiger partial charge in [0.2, 0.25) is 15.9 Å². The van der Waals surface area contributed by atoms with Crippen LogP contribution in [0.4, 0.5) is 4.39 Å². The molecule has 1 aromatic heterocycles. The number of aromatic nitrogens is 1. The summed E-state index contributed by atoms with van der Waals surface area (Å²) in [4.78, 5) is 18.2. The molecule has 1 spiro atoms. The Kier molecular flexibility index (Phi) is 5.11. The van der Waals surface area contributed by atoms with Crippen LogP contribution in [0.5, 0.6) is 0 Å². The molecule has 138 valence electrons. The van der Waals surface area contributed by atoms with Crippen LogP contribution >= 0.6 is 0 Å². The number of hydrogen-bond acceptors (Lipinski definition) is 4. The van der Waals surface area contributed by atoms with E-state index in [9.17, 15) is 17.6 Å². The van der Waals surface area contributed by atoms with E-state index >= 15 is 0 Å². The van der Waals surface area contributed by atoms with Crippen LogP contribution in [-0.4, -0.2) is 59.9 Å². The van der Waals surface area contributed by atoms with Crippen molar-refractivity contribution in [2.75, 3.05) is 25.9 Å². The van der Waals surface area contributed by atoms with E-state index in [-0.39, 0.29) is 17.9 Å². The van der Waals surface area contributed by atoms with Crippen LogP contribution in [0.3, 0.4) is 0 Å². The zero-order chi connectivity index (χ0) is 18.1. The average molecular weight is 369 g/mol. The second-order valence-electron chi connectivity index (χ2n) is 7.04. The molecule has 0 atom stereocenters. The number of sulfonamides is 1.